The van der Waals surface area contributed by atoms with Crippen LogP contribution in [0.25, 0.3) is 0 Å². The van der Waals surface area contributed by atoms with Crippen molar-refractivity contribution in [2.24, 2.45) is 5.92 Å². The van der Waals surface area contributed by atoms with Gasteiger partial charge in [0.1, 0.15) is 0 Å². The van der Waals surface area contributed by atoms with E-state index in [1.807, 2.05) is 26.0 Å². The third kappa shape index (κ3) is 4.89. The molecule has 2 N–H and O–H groups in total. The van der Waals surface area contributed by atoms with Gasteiger partial charge in [-0.15, -0.1) is 0 Å². The molecule has 0 amide bonds. The maximum atomic E-state index is 9.19. The molecule has 124 valence electrons. The molecule has 1 saturated carbocycles. The number of hydrogen-bond acceptors (Lipinski definition) is 4. The summed E-state index contributed by atoms with van der Waals surface area (Å²) in [4.78, 5) is 0. The van der Waals surface area contributed by atoms with Crippen LogP contribution in [0.2, 0.25) is 0 Å². The number of methoxy groups -OCH3 is 1. The van der Waals surface area contributed by atoms with Crippen LogP contribution < -0.4 is 14.8 Å². The molecule has 0 bridgehead atoms. The minimum Gasteiger partial charge on any atom is -0.493 e. The van der Waals surface area contributed by atoms with Gasteiger partial charge in [-0.3, -0.25) is 0 Å². The molecule has 0 aliphatic heterocycles. The molecule has 1 fully saturated rings. The van der Waals surface area contributed by atoms with E-state index in [0.29, 0.717) is 18.6 Å². The number of aliphatic hydroxyl groups excluding tert-OH is 1. The molecule has 0 saturated heterocycles. The van der Waals surface area contributed by atoms with Crippen LogP contribution >= 0.6 is 0 Å². The van der Waals surface area contributed by atoms with Crippen molar-refractivity contribution < 1.29 is 14.6 Å². The molecule has 0 heterocycles. The van der Waals surface area contributed by atoms with Gasteiger partial charge in [0.05, 0.1) is 13.2 Å². The zero-order chi connectivity index (χ0) is 15.9. The largest absolute Gasteiger partial charge is 0.493 e. The molecular weight excluding hydrogens is 278 g/mol. The topological polar surface area (TPSA) is 50.7 Å². The summed E-state index contributed by atoms with van der Waals surface area (Å²) in [7, 11) is 1.68. The van der Waals surface area contributed by atoms with Gasteiger partial charge in [0.25, 0.3) is 0 Å². The zero-order valence-corrected chi connectivity index (χ0v) is 14.0. The van der Waals surface area contributed by atoms with Crippen LogP contribution in [0.3, 0.4) is 0 Å². The lowest BCUT2D eigenvalue weighted by molar-refractivity contribution is 0.175. The van der Waals surface area contributed by atoms with Crippen molar-refractivity contribution in [2.75, 3.05) is 13.7 Å². The number of nitrogens with one attached hydrogen (secondary N) is 1. The highest BCUT2D eigenvalue weighted by atomic mass is 16.5. The van der Waals surface area contributed by atoms with Crippen LogP contribution in [0.5, 0.6) is 11.5 Å². The fourth-order valence-corrected chi connectivity index (χ4v) is 2.98. The van der Waals surface area contributed by atoms with Crippen molar-refractivity contribution in [3.05, 3.63) is 23.8 Å². The number of hydrogen-bond donors (Lipinski definition) is 2. The van der Waals surface area contributed by atoms with Gasteiger partial charge in [-0.1, -0.05) is 6.07 Å². The SMILES string of the molecule is COc1cc(CNC2CCC(CO)CC2)ccc1OC(C)C. The third-order valence-corrected chi connectivity index (χ3v) is 4.29. The van der Waals surface area contributed by atoms with Gasteiger partial charge < -0.3 is 19.9 Å². The average Bonchev–Trinajstić information content (AvgIpc) is 2.54. The van der Waals surface area contributed by atoms with E-state index in [2.05, 4.69) is 11.4 Å². The van der Waals surface area contributed by atoms with Gasteiger partial charge in [0.15, 0.2) is 11.5 Å². The molecule has 0 aromatic heterocycles. The molecule has 1 aliphatic rings. The summed E-state index contributed by atoms with van der Waals surface area (Å²) in [5.74, 6) is 2.09. The van der Waals surface area contributed by atoms with E-state index in [-0.39, 0.29) is 6.10 Å². The molecule has 4 nitrogen and oxygen atoms in total. The lowest BCUT2D eigenvalue weighted by Crippen LogP contribution is -2.33. The standard InChI is InChI=1S/C18H29NO3/c1-13(2)22-17-9-6-15(10-18(17)21-3)11-19-16-7-4-14(12-20)5-8-16/h6,9-10,13-14,16,19-20H,4-5,7-8,11-12H2,1-3H3. The maximum absolute atomic E-state index is 9.19. The molecule has 0 radical (unpaired) electrons. The number of aliphatic hydroxyl groups is 1. The first kappa shape index (κ1) is 17.1. The minimum absolute atomic E-state index is 0.139. The van der Waals surface area contributed by atoms with Crippen LogP contribution in [0.15, 0.2) is 18.2 Å². The summed E-state index contributed by atoms with van der Waals surface area (Å²) in [6.07, 6.45) is 4.69. The number of ether oxygens (including phenoxy) is 2. The van der Waals surface area contributed by atoms with Gasteiger partial charge in [0, 0.05) is 19.2 Å². The van der Waals surface area contributed by atoms with Crippen LogP contribution in [0, 0.1) is 5.92 Å². The van der Waals surface area contributed by atoms with E-state index in [1.165, 1.54) is 5.56 Å². The molecule has 0 atom stereocenters. The Kier molecular flexibility index (Phi) is 6.52. The summed E-state index contributed by atoms with van der Waals surface area (Å²) >= 11 is 0. The highest BCUT2D eigenvalue weighted by Crippen LogP contribution is 2.29. The smallest absolute Gasteiger partial charge is 0.161 e. The predicted octanol–water partition coefficient (Wildman–Crippen LogP) is 3.12. The summed E-state index contributed by atoms with van der Waals surface area (Å²) in [5.41, 5.74) is 1.21. The first-order chi connectivity index (χ1) is 10.6. The van der Waals surface area contributed by atoms with Gasteiger partial charge in [0.2, 0.25) is 0 Å². The Balaban J connectivity index is 1.88. The Hall–Kier alpha value is -1.26. The average molecular weight is 307 g/mol. The normalized spacial score (nSPS) is 21.9. The summed E-state index contributed by atoms with van der Waals surface area (Å²) < 4.78 is 11.2. The summed E-state index contributed by atoms with van der Waals surface area (Å²) in [6, 6.07) is 6.68. The van der Waals surface area contributed by atoms with E-state index in [4.69, 9.17) is 9.47 Å². The second-order valence-electron chi connectivity index (χ2n) is 6.43. The van der Waals surface area contributed by atoms with E-state index < -0.39 is 0 Å². The van der Waals surface area contributed by atoms with E-state index >= 15 is 0 Å². The fourth-order valence-electron chi connectivity index (χ4n) is 2.98. The monoisotopic (exact) mass is 307 g/mol. The zero-order valence-electron chi connectivity index (χ0n) is 14.0. The Morgan fingerprint density at radius 2 is 1.91 bits per heavy atom. The predicted molar refractivity (Wildman–Crippen MR) is 88.4 cm³/mol. The van der Waals surface area contributed by atoms with Crippen LogP contribution in [0.4, 0.5) is 0 Å². The molecule has 0 spiro atoms. The summed E-state index contributed by atoms with van der Waals surface area (Å²) in [6.45, 7) is 5.20. The van der Waals surface area contributed by atoms with Crippen molar-refractivity contribution >= 4 is 0 Å². The van der Waals surface area contributed by atoms with Gasteiger partial charge in [-0.25, -0.2) is 0 Å². The Morgan fingerprint density at radius 1 is 1.18 bits per heavy atom. The Bertz CT molecular complexity index is 454. The highest BCUT2D eigenvalue weighted by Gasteiger charge is 2.20. The van der Waals surface area contributed by atoms with Crippen molar-refractivity contribution in [3.63, 3.8) is 0 Å². The maximum Gasteiger partial charge on any atom is 0.161 e. The molecule has 1 aromatic carbocycles. The van der Waals surface area contributed by atoms with E-state index in [1.54, 1.807) is 7.11 Å². The molecule has 1 aromatic rings. The number of benzene rings is 1. The van der Waals surface area contributed by atoms with E-state index in [9.17, 15) is 5.11 Å². The lowest BCUT2D eigenvalue weighted by Gasteiger charge is -2.28. The molecule has 4 heteroatoms. The fraction of sp³-hybridized carbons (Fsp3) is 0.667. The molecule has 1 aliphatic carbocycles. The van der Waals surface area contributed by atoms with Gasteiger partial charge in [-0.2, -0.15) is 0 Å². The highest BCUT2D eigenvalue weighted by molar-refractivity contribution is 5.43. The molecule has 0 unspecified atom stereocenters. The lowest BCUT2D eigenvalue weighted by atomic mass is 9.86. The van der Waals surface area contributed by atoms with Crippen molar-refractivity contribution in [1.29, 1.82) is 0 Å². The Labute approximate surface area is 133 Å². The minimum atomic E-state index is 0.139. The van der Waals surface area contributed by atoms with Crippen LogP contribution in [0.1, 0.15) is 45.1 Å². The molecule has 22 heavy (non-hydrogen) atoms. The van der Waals surface area contributed by atoms with Crippen molar-refractivity contribution in [3.8, 4) is 11.5 Å². The summed E-state index contributed by atoms with van der Waals surface area (Å²) in [5, 5.41) is 12.8. The van der Waals surface area contributed by atoms with E-state index in [0.717, 1.165) is 43.7 Å². The van der Waals surface area contributed by atoms with Crippen molar-refractivity contribution in [2.45, 2.75) is 58.2 Å². The van der Waals surface area contributed by atoms with Crippen LogP contribution in [-0.4, -0.2) is 31.0 Å². The van der Waals surface area contributed by atoms with Crippen LogP contribution in [-0.2, 0) is 6.54 Å². The number of rotatable bonds is 7. The third-order valence-electron chi connectivity index (χ3n) is 4.29. The van der Waals surface area contributed by atoms with Gasteiger partial charge >= 0.3 is 0 Å². The molecular formula is C18H29NO3. The first-order valence-corrected chi connectivity index (χ1v) is 8.30. The van der Waals surface area contributed by atoms with Gasteiger partial charge in [-0.05, 0) is 63.1 Å². The second-order valence-corrected chi connectivity index (χ2v) is 6.43. The van der Waals surface area contributed by atoms with Crippen molar-refractivity contribution in [1.82, 2.24) is 5.32 Å². The second kappa shape index (κ2) is 8.39. The molecule has 2 rings (SSSR count). The quantitative estimate of drug-likeness (QED) is 0.812. The first-order valence-electron chi connectivity index (χ1n) is 8.30. The Morgan fingerprint density at radius 3 is 2.50 bits per heavy atom.